The lowest BCUT2D eigenvalue weighted by atomic mass is 9.92. The number of aromatic nitrogens is 2. The van der Waals surface area contributed by atoms with Crippen LogP contribution in [0.4, 0.5) is 14.6 Å². The lowest BCUT2D eigenvalue weighted by Gasteiger charge is -2.25. The van der Waals surface area contributed by atoms with Crippen LogP contribution in [0.25, 0.3) is 11.3 Å². The molecule has 1 aliphatic heterocycles. The smallest absolute Gasteiger partial charge is 0.148 e. The number of nitrogens with one attached hydrogen (secondary N) is 1. The fourth-order valence-electron chi connectivity index (χ4n) is 3.92. The monoisotopic (exact) mass is 372 g/mol. The van der Waals surface area contributed by atoms with E-state index in [-0.39, 0.29) is 5.56 Å². The van der Waals surface area contributed by atoms with E-state index in [0.717, 1.165) is 37.8 Å². The summed E-state index contributed by atoms with van der Waals surface area (Å²) in [6.45, 7) is 10.3. The molecule has 0 spiro atoms. The SMILES string of the molecule is CC(C)(C)CCN1C[C@@H]2[C@H](C1)[C@H]2Nc1ccc(-c2cc(F)ccc2F)nn1. The van der Waals surface area contributed by atoms with Crippen LogP contribution in [0.3, 0.4) is 0 Å². The molecular formula is C21H26F2N4. The molecule has 1 aromatic heterocycles. The summed E-state index contributed by atoms with van der Waals surface area (Å²) in [5, 5.41) is 11.7. The third kappa shape index (κ3) is 4.10. The second-order valence-corrected chi connectivity index (χ2v) is 9.00. The van der Waals surface area contributed by atoms with E-state index in [0.29, 0.717) is 34.8 Å². The lowest BCUT2D eigenvalue weighted by Crippen LogP contribution is -2.30. The van der Waals surface area contributed by atoms with Crippen LogP contribution in [0, 0.1) is 28.9 Å². The highest BCUT2D eigenvalue weighted by Gasteiger charge is 2.55. The number of rotatable bonds is 5. The number of piperidine rings is 1. The van der Waals surface area contributed by atoms with Gasteiger partial charge in [0, 0.05) is 24.7 Å². The van der Waals surface area contributed by atoms with Crippen LogP contribution in [0.15, 0.2) is 30.3 Å². The molecule has 3 atom stereocenters. The van der Waals surface area contributed by atoms with Crippen molar-refractivity contribution in [3.05, 3.63) is 42.0 Å². The average molecular weight is 372 g/mol. The Hall–Kier alpha value is -2.08. The van der Waals surface area contributed by atoms with E-state index in [1.165, 1.54) is 6.42 Å². The number of fused-ring (bicyclic) bond motifs is 1. The van der Waals surface area contributed by atoms with Gasteiger partial charge < -0.3 is 10.2 Å². The van der Waals surface area contributed by atoms with E-state index in [9.17, 15) is 8.78 Å². The molecule has 4 rings (SSSR count). The van der Waals surface area contributed by atoms with Gasteiger partial charge in [0.05, 0.1) is 5.69 Å². The van der Waals surface area contributed by atoms with Gasteiger partial charge in [-0.1, -0.05) is 20.8 Å². The van der Waals surface area contributed by atoms with E-state index >= 15 is 0 Å². The topological polar surface area (TPSA) is 41.0 Å². The highest BCUT2D eigenvalue weighted by Crippen LogP contribution is 2.47. The number of benzene rings is 1. The molecule has 2 heterocycles. The van der Waals surface area contributed by atoms with E-state index in [4.69, 9.17) is 0 Å². The van der Waals surface area contributed by atoms with Gasteiger partial charge in [-0.05, 0) is 60.5 Å². The quantitative estimate of drug-likeness (QED) is 0.854. The molecule has 27 heavy (non-hydrogen) atoms. The van der Waals surface area contributed by atoms with Crippen LogP contribution in [0.2, 0.25) is 0 Å². The fourth-order valence-corrected chi connectivity index (χ4v) is 3.92. The van der Waals surface area contributed by atoms with Crippen LogP contribution in [0.5, 0.6) is 0 Å². The van der Waals surface area contributed by atoms with Gasteiger partial charge in [-0.2, -0.15) is 0 Å². The maximum absolute atomic E-state index is 13.9. The Morgan fingerprint density at radius 2 is 1.81 bits per heavy atom. The lowest BCUT2D eigenvalue weighted by molar-refractivity contribution is 0.245. The summed E-state index contributed by atoms with van der Waals surface area (Å²) in [6, 6.07) is 7.26. The van der Waals surface area contributed by atoms with E-state index in [1.807, 2.05) is 0 Å². The van der Waals surface area contributed by atoms with Gasteiger partial charge in [-0.3, -0.25) is 0 Å². The molecule has 1 saturated heterocycles. The molecule has 6 heteroatoms. The minimum atomic E-state index is -0.501. The maximum atomic E-state index is 13.9. The Balaban J connectivity index is 1.32. The first-order chi connectivity index (χ1) is 12.8. The molecule has 1 N–H and O–H groups in total. The third-order valence-corrected chi connectivity index (χ3v) is 5.63. The van der Waals surface area contributed by atoms with Gasteiger partial charge in [0.2, 0.25) is 0 Å². The van der Waals surface area contributed by atoms with Gasteiger partial charge in [0.25, 0.3) is 0 Å². The highest BCUT2D eigenvalue weighted by atomic mass is 19.1. The minimum absolute atomic E-state index is 0.131. The van der Waals surface area contributed by atoms with Crippen LogP contribution in [-0.4, -0.2) is 40.8 Å². The first-order valence-corrected chi connectivity index (χ1v) is 9.58. The summed E-state index contributed by atoms with van der Waals surface area (Å²) in [4.78, 5) is 2.56. The van der Waals surface area contributed by atoms with Gasteiger partial charge in [-0.25, -0.2) is 8.78 Å². The molecule has 0 radical (unpaired) electrons. The maximum Gasteiger partial charge on any atom is 0.148 e. The molecule has 1 aliphatic carbocycles. The van der Waals surface area contributed by atoms with E-state index in [2.05, 4.69) is 41.2 Å². The van der Waals surface area contributed by atoms with Crippen LogP contribution < -0.4 is 5.32 Å². The highest BCUT2D eigenvalue weighted by molar-refractivity contribution is 5.60. The molecule has 0 amide bonds. The second-order valence-electron chi connectivity index (χ2n) is 9.00. The molecule has 2 aromatic rings. The predicted molar refractivity (Wildman–Crippen MR) is 102 cm³/mol. The molecule has 4 nitrogen and oxygen atoms in total. The van der Waals surface area contributed by atoms with Crippen molar-refractivity contribution in [2.24, 2.45) is 17.3 Å². The molecule has 144 valence electrons. The standard InChI is InChI=1S/C21H26F2N4/c1-21(2,3)8-9-27-11-15-16(12-27)20(15)24-19-7-6-18(25-26-19)14-10-13(22)4-5-17(14)23/h4-7,10,15-16,20H,8-9,11-12H2,1-3H3,(H,24,26)/t15-,16+,20+. The summed E-state index contributed by atoms with van der Waals surface area (Å²) in [6.07, 6.45) is 1.22. The molecule has 0 bridgehead atoms. The van der Waals surface area contributed by atoms with Crippen molar-refractivity contribution in [3.63, 3.8) is 0 Å². The molecule has 2 aliphatic rings. The van der Waals surface area contributed by atoms with E-state index in [1.54, 1.807) is 12.1 Å². The van der Waals surface area contributed by atoms with E-state index < -0.39 is 11.6 Å². The zero-order chi connectivity index (χ0) is 19.2. The molecule has 0 unspecified atom stereocenters. The van der Waals surface area contributed by atoms with Crippen LogP contribution >= 0.6 is 0 Å². The third-order valence-electron chi connectivity index (χ3n) is 5.63. The zero-order valence-corrected chi connectivity index (χ0v) is 16.0. The number of hydrogen-bond acceptors (Lipinski definition) is 4. The summed E-state index contributed by atoms with van der Waals surface area (Å²) in [7, 11) is 0. The largest absolute Gasteiger partial charge is 0.365 e. The summed E-state index contributed by atoms with van der Waals surface area (Å²) < 4.78 is 27.2. The second kappa shape index (κ2) is 6.82. The zero-order valence-electron chi connectivity index (χ0n) is 16.0. The first kappa shape index (κ1) is 18.3. The Morgan fingerprint density at radius 3 is 2.44 bits per heavy atom. The molecule has 1 saturated carbocycles. The number of hydrogen-bond donors (Lipinski definition) is 1. The van der Waals surface area contributed by atoms with Gasteiger partial charge >= 0.3 is 0 Å². The minimum Gasteiger partial charge on any atom is -0.365 e. The van der Waals surface area contributed by atoms with Crippen LogP contribution in [0.1, 0.15) is 27.2 Å². The molecule has 1 aromatic carbocycles. The Labute approximate surface area is 159 Å². The van der Waals surface area contributed by atoms with Crippen molar-refractivity contribution in [3.8, 4) is 11.3 Å². The predicted octanol–water partition coefficient (Wildman–Crippen LogP) is 4.20. The van der Waals surface area contributed by atoms with Crippen LogP contribution in [-0.2, 0) is 0 Å². The first-order valence-electron chi connectivity index (χ1n) is 9.58. The van der Waals surface area contributed by atoms with Crippen molar-refractivity contribution in [2.75, 3.05) is 25.0 Å². The summed E-state index contributed by atoms with van der Waals surface area (Å²) in [5.74, 6) is 1.05. The normalized spacial score (nSPS) is 24.7. The van der Waals surface area contributed by atoms with Gasteiger partial charge in [0.1, 0.15) is 17.5 Å². The van der Waals surface area contributed by atoms with Gasteiger partial charge in [-0.15, -0.1) is 10.2 Å². The van der Waals surface area contributed by atoms with Crippen molar-refractivity contribution in [1.82, 2.24) is 15.1 Å². The number of likely N-dealkylation sites (tertiary alicyclic amines) is 1. The number of nitrogens with zero attached hydrogens (tertiary/aromatic N) is 3. The Bertz CT molecular complexity index is 804. The molecule has 2 fully saturated rings. The van der Waals surface area contributed by atoms with Crippen molar-refractivity contribution >= 4 is 5.82 Å². The van der Waals surface area contributed by atoms with Crippen molar-refractivity contribution < 1.29 is 8.78 Å². The summed E-state index contributed by atoms with van der Waals surface area (Å²) in [5.41, 5.74) is 0.844. The Kier molecular flexibility index (Phi) is 4.62. The van der Waals surface area contributed by atoms with Crippen molar-refractivity contribution in [2.45, 2.75) is 33.2 Å². The summed E-state index contributed by atoms with van der Waals surface area (Å²) >= 11 is 0. The average Bonchev–Trinajstić information content (AvgIpc) is 3.05. The molecular weight excluding hydrogens is 346 g/mol. The Morgan fingerprint density at radius 1 is 1.07 bits per heavy atom. The van der Waals surface area contributed by atoms with Gasteiger partial charge in [0.15, 0.2) is 0 Å². The number of anilines is 1. The number of halogens is 2. The fraction of sp³-hybridized carbons (Fsp3) is 0.524. The van der Waals surface area contributed by atoms with Crippen molar-refractivity contribution in [1.29, 1.82) is 0 Å².